The maximum Gasteiger partial charge on any atom is 0.0113 e. The van der Waals surface area contributed by atoms with Gasteiger partial charge in [-0.15, -0.1) is 0 Å². The van der Waals surface area contributed by atoms with Crippen LogP contribution in [0.25, 0.3) is 0 Å². The molecule has 1 saturated carbocycles. The monoisotopic (exact) mass is 262 g/mol. The number of rotatable bonds is 5. The number of piperazine rings is 1. The smallest absolute Gasteiger partial charge is 0.0113 e. The van der Waals surface area contributed by atoms with Gasteiger partial charge in [-0.2, -0.15) is 0 Å². The lowest BCUT2D eigenvalue weighted by molar-refractivity contribution is 0.0796. The summed E-state index contributed by atoms with van der Waals surface area (Å²) in [6.07, 6.45) is 10.5. The van der Waals surface area contributed by atoms with Gasteiger partial charge in [-0.05, 0) is 43.4 Å². The summed E-state index contributed by atoms with van der Waals surface area (Å²) in [4.78, 5) is 5.45. The molecular weight excluding hydrogens is 232 g/mol. The van der Waals surface area contributed by atoms with E-state index in [0.29, 0.717) is 0 Å². The molecule has 3 rings (SSSR count). The minimum absolute atomic E-state index is 0.826. The van der Waals surface area contributed by atoms with Gasteiger partial charge < -0.3 is 4.90 Å². The van der Waals surface area contributed by atoms with Crippen LogP contribution in [0.3, 0.4) is 0 Å². The van der Waals surface area contributed by atoms with Crippen LogP contribution in [0, 0.1) is 17.8 Å². The Morgan fingerprint density at radius 3 is 2.26 bits per heavy atom. The van der Waals surface area contributed by atoms with Gasteiger partial charge in [-0.1, -0.05) is 26.0 Å². The molecule has 0 aromatic heterocycles. The Morgan fingerprint density at radius 1 is 1.00 bits per heavy atom. The molecule has 19 heavy (non-hydrogen) atoms. The molecule has 2 bridgehead atoms. The summed E-state index contributed by atoms with van der Waals surface area (Å²) in [5.74, 6) is 2.82. The van der Waals surface area contributed by atoms with Gasteiger partial charge in [0.05, 0.1) is 0 Å². The number of fused-ring (bicyclic) bond motifs is 2. The molecule has 1 saturated heterocycles. The molecule has 0 radical (unpaired) electrons. The summed E-state index contributed by atoms with van der Waals surface area (Å²) >= 11 is 0. The Kier molecular flexibility index (Phi) is 4.28. The van der Waals surface area contributed by atoms with Gasteiger partial charge in [0.2, 0.25) is 0 Å². The molecule has 2 nitrogen and oxygen atoms in total. The average molecular weight is 262 g/mol. The van der Waals surface area contributed by atoms with Crippen molar-refractivity contribution in [2.75, 3.05) is 32.7 Å². The average Bonchev–Trinajstić information content (AvgIpc) is 3.04. The first-order valence-corrected chi connectivity index (χ1v) is 8.44. The van der Waals surface area contributed by atoms with Crippen LogP contribution in [-0.2, 0) is 0 Å². The van der Waals surface area contributed by atoms with Crippen molar-refractivity contribution >= 4 is 0 Å². The lowest BCUT2D eigenvalue weighted by Gasteiger charge is -2.40. The quantitative estimate of drug-likeness (QED) is 0.703. The van der Waals surface area contributed by atoms with Gasteiger partial charge in [0, 0.05) is 38.8 Å². The molecule has 3 aliphatic rings. The van der Waals surface area contributed by atoms with Gasteiger partial charge in [0.25, 0.3) is 0 Å². The van der Waals surface area contributed by atoms with Crippen LogP contribution < -0.4 is 0 Å². The van der Waals surface area contributed by atoms with E-state index in [1.165, 1.54) is 58.4 Å². The fourth-order valence-electron chi connectivity index (χ4n) is 4.55. The van der Waals surface area contributed by atoms with E-state index < -0.39 is 0 Å². The van der Waals surface area contributed by atoms with Crippen LogP contribution in [0.15, 0.2) is 12.2 Å². The first kappa shape index (κ1) is 13.6. The molecule has 2 heteroatoms. The van der Waals surface area contributed by atoms with Crippen molar-refractivity contribution in [2.24, 2.45) is 17.8 Å². The lowest BCUT2D eigenvalue weighted by Crippen LogP contribution is -2.51. The third kappa shape index (κ3) is 2.90. The molecule has 0 aromatic rings. The molecule has 1 heterocycles. The molecule has 2 fully saturated rings. The van der Waals surface area contributed by atoms with Crippen molar-refractivity contribution < 1.29 is 0 Å². The maximum absolute atomic E-state index is 2.73. The minimum atomic E-state index is 0.826. The zero-order valence-electron chi connectivity index (χ0n) is 12.7. The Balaban J connectivity index is 1.44. The zero-order chi connectivity index (χ0) is 13.2. The van der Waals surface area contributed by atoms with Gasteiger partial charge >= 0.3 is 0 Å². The highest BCUT2D eigenvalue weighted by Crippen LogP contribution is 2.43. The van der Waals surface area contributed by atoms with Crippen LogP contribution in [0.2, 0.25) is 0 Å². The van der Waals surface area contributed by atoms with E-state index in [4.69, 9.17) is 0 Å². The van der Waals surface area contributed by atoms with E-state index in [2.05, 4.69) is 35.8 Å². The highest BCUT2D eigenvalue weighted by molar-refractivity contribution is 5.10. The van der Waals surface area contributed by atoms with Gasteiger partial charge in [-0.3, -0.25) is 4.90 Å². The van der Waals surface area contributed by atoms with E-state index in [1.807, 2.05) is 0 Å². The van der Waals surface area contributed by atoms with Crippen molar-refractivity contribution in [1.29, 1.82) is 0 Å². The molecule has 0 aromatic carbocycles. The van der Waals surface area contributed by atoms with E-state index in [0.717, 1.165) is 23.8 Å². The summed E-state index contributed by atoms with van der Waals surface area (Å²) in [5, 5.41) is 0. The third-order valence-corrected chi connectivity index (χ3v) is 5.77. The molecule has 108 valence electrons. The number of allylic oxidation sites excluding steroid dienone is 2. The second kappa shape index (κ2) is 5.97. The largest absolute Gasteiger partial charge is 0.300 e. The molecule has 2 aliphatic carbocycles. The van der Waals surface area contributed by atoms with Crippen LogP contribution in [0.4, 0.5) is 0 Å². The number of hydrogen-bond donors (Lipinski definition) is 0. The molecule has 0 N–H and O–H groups in total. The predicted molar refractivity (Wildman–Crippen MR) is 81.2 cm³/mol. The summed E-state index contributed by atoms with van der Waals surface area (Å²) < 4.78 is 0. The van der Waals surface area contributed by atoms with Gasteiger partial charge in [0.15, 0.2) is 0 Å². The summed E-state index contributed by atoms with van der Waals surface area (Å²) in [5.41, 5.74) is 0. The molecule has 3 atom stereocenters. The second-order valence-electron chi connectivity index (χ2n) is 6.85. The molecule has 0 spiro atoms. The SMILES string of the molecule is CCC(CC)N1CCN(C[C@@H]2C[C@@H]3C=C[C@@H]2C3)CC1. The maximum atomic E-state index is 2.73. The molecular formula is C17H30N2. The van der Waals surface area contributed by atoms with Crippen LogP contribution in [-0.4, -0.2) is 48.6 Å². The third-order valence-electron chi connectivity index (χ3n) is 5.77. The van der Waals surface area contributed by atoms with Gasteiger partial charge in [0.1, 0.15) is 0 Å². The minimum Gasteiger partial charge on any atom is -0.300 e. The summed E-state index contributed by atoms with van der Waals surface area (Å²) in [6, 6.07) is 0.826. The Hall–Kier alpha value is -0.340. The van der Waals surface area contributed by atoms with Crippen molar-refractivity contribution in [2.45, 2.75) is 45.6 Å². The van der Waals surface area contributed by atoms with E-state index in [9.17, 15) is 0 Å². The van der Waals surface area contributed by atoms with E-state index in [1.54, 1.807) is 0 Å². The molecule has 1 aliphatic heterocycles. The van der Waals surface area contributed by atoms with Crippen molar-refractivity contribution in [3.8, 4) is 0 Å². The lowest BCUT2D eigenvalue weighted by atomic mass is 9.93. The van der Waals surface area contributed by atoms with Crippen LogP contribution >= 0.6 is 0 Å². The van der Waals surface area contributed by atoms with E-state index in [-0.39, 0.29) is 0 Å². The van der Waals surface area contributed by atoms with Gasteiger partial charge in [-0.25, -0.2) is 0 Å². The fourth-order valence-corrected chi connectivity index (χ4v) is 4.55. The Bertz CT molecular complexity index is 313. The topological polar surface area (TPSA) is 6.48 Å². The highest BCUT2D eigenvalue weighted by Gasteiger charge is 2.36. The first-order valence-electron chi connectivity index (χ1n) is 8.44. The van der Waals surface area contributed by atoms with Crippen LogP contribution in [0.1, 0.15) is 39.5 Å². The van der Waals surface area contributed by atoms with Crippen LogP contribution in [0.5, 0.6) is 0 Å². The normalized spacial score (nSPS) is 35.6. The zero-order valence-corrected chi connectivity index (χ0v) is 12.7. The highest BCUT2D eigenvalue weighted by atomic mass is 15.3. The fraction of sp³-hybridized carbons (Fsp3) is 0.882. The van der Waals surface area contributed by atoms with Crippen molar-refractivity contribution in [1.82, 2.24) is 9.80 Å². The molecule has 0 unspecified atom stereocenters. The Labute approximate surface area is 118 Å². The first-order chi connectivity index (χ1) is 9.30. The summed E-state index contributed by atoms with van der Waals surface area (Å²) in [7, 11) is 0. The van der Waals surface area contributed by atoms with E-state index >= 15 is 0 Å². The van der Waals surface area contributed by atoms with Crippen molar-refractivity contribution in [3.05, 3.63) is 12.2 Å². The van der Waals surface area contributed by atoms with Crippen molar-refractivity contribution in [3.63, 3.8) is 0 Å². The standard InChI is InChI=1S/C17H30N2/c1-3-17(4-2)19-9-7-18(8-10-19)13-16-12-14-5-6-15(16)11-14/h5-6,14-17H,3-4,7-13H2,1-2H3/t14-,15-,16+/m1/s1. The number of nitrogens with zero attached hydrogens (tertiary/aromatic N) is 2. The summed E-state index contributed by atoms with van der Waals surface area (Å²) in [6.45, 7) is 11.2. The predicted octanol–water partition coefficient (Wildman–Crippen LogP) is 3.00. The Morgan fingerprint density at radius 2 is 1.74 bits per heavy atom. The molecule has 0 amide bonds. The number of hydrogen-bond acceptors (Lipinski definition) is 2. The second-order valence-corrected chi connectivity index (χ2v) is 6.85.